The molecule has 2 aromatic carbocycles. The summed E-state index contributed by atoms with van der Waals surface area (Å²) in [4.78, 5) is 12.5. The molecule has 2 N–H and O–H groups in total. The number of amides is 1. The van der Waals surface area contributed by atoms with Crippen LogP contribution in [0.3, 0.4) is 0 Å². The lowest BCUT2D eigenvalue weighted by atomic mass is 10.1. The fraction of sp³-hybridized carbons (Fsp3) is 0.316. The third-order valence-corrected chi connectivity index (χ3v) is 6.09. The smallest absolute Gasteiger partial charge is 0.255 e. The first-order valence-electron chi connectivity index (χ1n) is 8.41. The molecule has 7 heteroatoms. The largest absolute Gasteiger partial charge is 0.506 e. The van der Waals surface area contributed by atoms with E-state index < -0.39 is 15.9 Å². The van der Waals surface area contributed by atoms with Crippen LogP contribution in [0.2, 0.25) is 0 Å². The van der Waals surface area contributed by atoms with E-state index in [4.69, 9.17) is 0 Å². The summed E-state index contributed by atoms with van der Waals surface area (Å²) in [5.41, 5.74) is 2.38. The SMILES string of the molecule is CCN(CC)S(=O)(=O)c1ccc(O)c(NC(=O)c2cc(C)cc(C)c2)c1. The van der Waals surface area contributed by atoms with Crippen molar-refractivity contribution in [3.63, 3.8) is 0 Å². The van der Waals surface area contributed by atoms with E-state index in [0.717, 1.165) is 11.1 Å². The number of hydrogen-bond acceptors (Lipinski definition) is 4. The molecule has 0 aromatic heterocycles. The molecule has 140 valence electrons. The second-order valence-electron chi connectivity index (χ2n) is 6.10. The zero-order valence-electron chi connectivity index (χ0n) is 15.4. The Morgan fingerprint density at radius 3 is 2.15 bits per heavy atom. The summed E-state index contributed by atoms with van der Waals surface area (Å²) in [5, 5.41) is 12.6. The highest BCUT2D eigenvalue weighted by molar-refractivity contribution is 7.89. The first-order chi connectivity index (χ1) is 12.2. The molecule has 0 saturated carbocycles. The van der Waals surface area contributed by atoms with Gasteiger partial charge in [-0.3, -0.25) is 4.79 Å². The monoisotopic (exact) mass is 376 g/mol. The van der Waals surface area contributed by atoms with Gasteiger partial charge < -0.3 is 10.4 Å². The van der Waals surface area contributed by atoms with E-state index in [2.05, 4.69) is 5.32 Å². The number of aryl methyl sites for hydroxylation is 2. The summed E-state index contributed by atoms with van der Waals surface area (Å²) in [6.07, 6.45) is 0. The number of carbonyl (C=O) groups excluding carboxylic acids is 1. The summed E-state index contributed by atoms with van der Waals surface area (Å²) in [6, 6.07) is 9.30. The number of phenolic OH excluding ortho intramolecular Hbond substituents is 1. The molecule has 0 fully saturated rings. The minimum atomic E-state index is -3.68. The fourth-order valence-corrected chi connectivity index (χ4v) is 4.27. The van der Waals surface area contributed by atoms with Gasteiger partial charge in [-0.1, -0.05) is 31.0 Å². The average Bonchev–Trinajstić information content (AvgIpc) is 2.56. The van der Waals surface area contributed by atoms with Crippen molar-refractivity contribution < 1.29 is 18.3 Å². The molecule has 0 aliphatic carbocycles. The summed E-state index contributed by atoms with van der Waals surface area (Å²) in [7, 11) is -3.68. The number of aromatic hydroxyl groups is 1. The van der Waals surface area contributed by atoms with E-state index in [1.54, 1.807) is 26.0 Å². The Kier molecular flexibility index (Phi) is 6.05. The van der Waals surface area contributed by atoms with Crippen LogP contribution in [0, 0.1) is 13.8 Å². The molecule has 0 aliphatic rings. The lowest BCUT2D eigenvalue weighted by Gasteiger charge is -2.19. The van der Waals surface area contributed by atoms with Gasteiger partial charge in [-0.2, -0.15) is 4.31 Å². The third kappa shape index (κ3) is 4.23. The number of benzene rings is 2. The maximum absolute atomic E-state index is 12.6. The number of nitrogens with zero attached hydrogens (tertiary/aromatic N) is 1. The Labute approximate surface area is 154 Å². The van der Waals surface area contributed by atoms with Crippen LogP contribution >= 0.6 is 0 Å². The van der Waals surface area contributed by atoms with E-state index in [9.17, 15) is 18.3 Å². The Bertz CT molecular complexity index is 899. The Morgan fingerprint density at radius 2 is 1.62 bits per heavy atom. The summed E-state index contributed by atoms with van der Waals surface area (Å²) in [6.45, 7) is 7.96. The predicted molar refractivity (Wildman–Crippen MR) is 102 cm³/mol. The van der Waals surface area contributed by atoms with Gasteiger partial charge in [0, 0.05) is 18.7 Å². The van der Waals surface area contributed by atoms with Gasteiger partial charge in [0.15, 0.2) is 0 Å². The van der Waals surface area contributed by atoms with Gasteiger partial charge in [0.2, 0.25) is 10.0 Å². The van der Waals surface area contributed by atoms with Crippen molar-refractivity contribution in [1.82, 2.24) is 4.31 Å². The van der Waals surface area contributed by atoms with Crippen LogP contribution in [0.25, 0.3) is 0 Å². The molecule has 0 aliphatic heterocycles. The molecule has 26 heavy (non-hydrogen) atoms. The fourth-order valence-electron chi connectivity index (χ4n) is 2.79. The zero-order chi connectivity index (χ0) is 19.5. The van der Waals surface area contributed by atoms with E-state index in [0.29, 0.717) is 18.7 Å². The van der Waals surface area contributed by atoms with Gasteiger partial charge >= 0.3 is 0 Å². The Balaban J connectivity index is 2.37. The molecule has 0 radical (unpaired) electrons. The highest BCUT2D eigenvalue weighted by Crippen LogP contribution is 2.28. The van der Waals surface area contributed by atoms with Crippen molar-refractivity contribution in [1.29, 1.82) is 0 Å². The van der Waals surface area contributed by atoms with E-state index >= 15 is 0 Å². The summed E-state index contributed by atoms with van der Waals surface area (Å²) < 4.78 is 26.6. The van der Waals surface area contributed by atoms with Crippen molar-refractivity contribution in [3.8, 4) is 5.75 Å². The third-order valence-electron chi connectivity index (χ3n) is 4.04. The minimum absolute atomic E-state index is 0.0229. The number of rotatable bonds is 6. The van der Waals surface area contributed by atoms with E-state index in [1.165, 1.54) is 22.5 Å². The molecule has 2 aromatic rings. The van der Waals surface area contributed by atoms with Gasteiger partial charge in [0.25, 0.3) is 5.91 Å². The molecular weight excluding hydrogens is 352 g/mol. The van der Waals surface area contributed by atoms with Gasteiger partial charge in [0.05, 0.1) is 10.6 Å². The van der Waals surface area contributed by atoms with Crippen LogP contribution in [-0.4, -0.2) is 36.8 Å². The lowest BCUT2D eigenvalue weighted by molar-refractivity contribution is 0.102. The van der Waals surface area contributed by atoms with Crippen LogP contribution in [0.15, 0.2) is 41.3 Å². The zero-order valence-corrected chi connectivity index (χ0v) is 16.2. The summed E-state index contributed by atoms with van der Waals surface area (Å²) >= 11 is 0. The second kappa shape index (κ2) is 7.88. The number of nitrogens with one attached hydrogen (secondary N) is 1. The van der Waals surface area contributed by atoms with E-state index in [1.807, 2.05) is 19.9 Å². The molecule has 0 saturated heterocycles. The molecule has 1 amide bonds. The first-order valence-corrected chi connectivity index (χ1v) is 9.85. The average molecular weight is 376 g/mol. The number of hydrogen-bond donors (Lipinski definition) is 2. The van der Waals surface area contributed by atoms with Crippen LogP contribution in [-0.2, 0) is 10.0 Å². The highest BCUT2D eigenvalue weighted by atomic mass is 32.2. The van der Waals surface area contributed by atoms with Crippen molar-refractivity contribution in [2.45, 2.75) is 32.6 Å². The van der Waals surface area contributed by atoms with Gasteiger partial charge in [-0.25, -0.2) is 8.42 Å². The topological polar surface area (TPSA) is 86.7 Å². The molecule has 2 rings (SSSR count). The lowest BCUT2D eigenvalue weighted by Crippen LogP contribution is -2.30. The molecular formula is C19H24N2O4S. The first kappa shape index (κ1) is 19.9. The van der Waals surface area contributed by atoms with E-state index in [-0.39, 0.29) is 16.3 Å². The quantitative estimate of drug-likeness (QED) is 0.758. The minimum Gasteiger partial charge on any atom is -0.506 e. The standard InChI is InChI=1S/C19H24N2O4S/c1-5-21(6-2)26(24,25)16-7-8-18(22)17(12-16)20-19(23)15-10-13(3)9-14(4)11-15/h7-12,22H,5-6H2,1-4H3,(H,20,23). The van der Waals surface area contributed by atoms with Crippen molar-refractivity contribution >= 4 is 21.6 Å². The van der Waals surface area contributed by atoms with Crippen molar-refractivity contribution in [2.24, 2.45) is 0 Å². The van der Waals surface area contributed by atoms with Crippen LogP contribution in [0.4, 0.5) is 5.69 Å². The molecule has 0 heterocycles. The maximum Gasteiger partial charge on any atom is 0.255 e. The predicted octanol–water partition coefficient (Wildman–Crippen LogP) is 3.29. The molecule has 0 bridgehead atoms. The molecule has 0 spiro atoms. The Morgan fingerprint density at radius 1 is 1.04 bits per heavy atom. The van der Waals surface area contributed by atoms with Gasteiger partial charge in [-0.05, 0) is 44.2 Å². The Hall–Kier alpha value is -2.38. The number of carbonyl (C=O) groups is 1. The number of sulfonamides is 1. The van der Waals surface area contributed by atoms with Crippen molar-refractivity contribution in [2.75, 3.05) is 18.4 Å². The van der Waals surface area contributed by atoms with Crippen LogP contribution in [0.1, 0.15) is 35.3 Å². The molecule has 6 nitrogen and oxygen atoms in total. The van der Waals surface area contributed by atoms with Crippen molar-refractivity contribution in [3.05, 3.63) is 53.1 Å². The number of anilines is 1. The van der Waals surface area contributed by atoms with Gasteiger partial charge in [0.1, 0.15) is 5.75 Å². The molecule has 0 unspecified atom stereocenters. The van der Waals surface area contributed by atoms with Gasteiger partial charge in [-0.15, -0.1) is 0 Å². The van der Waals surface area contributed by atoms with Crippen LogP contribution in [0.5, 0.6) is 5.75 Å². The summed E-state index contributed by atoms with van der Waals surface area (Å²) in [5.74, 6) is -0.606. The normalized spacial score (nSPS) is 11.6. The second-order valence-corrected chi connectivity index (χ2v) is 8.04. The van der Waals surface area contributed by atoms with Crippen LogP contribution < -0.4 is 5.32 Å². The number of phenols is 1. The highest BCUT2D eigenvalue weighted by Gasteiger charge is 2.23. The maximum atomic E-state index is 12.6. The molecule has 0 atom stereocenters.